The number of anilines is 1. The van der Waals surface area contributed by atoms with Crippen LogP contribution in [0.1, 0.15) is 25.0 Å². The number of hydrogen-bond donors (Lipinski definition) is 2. The molecule has 3 rings (SSSR count). The average Bonchev–Trinajstić information content (AvgIpc) is 3.03. The van der Waals surface area contributed by atoms with Crippen molar-refractivity contribution in [1.82, 2.24) is 14.7 Å². The molecule has 1 aromatic rings. The molecule has 21 heavy (non-hydrogen) atoms. The van der Waals surface area contributed by atoms with E-state index in [9.17, 15) is 14.7 Å². The molecular formula is C14H20N4O3. The lowest BCUT2D eigenvalue weighted by Gasteiger charge is -2.24. The maximum absolute atomic E-state index is 12.4. The number of urea groups is 1. The van der Waals surface area contributed by atoms with E-state index in [1.807, 2.05) is 6.92 Å². The first-order valence-corrected chi connectivity index (χ1v) is 7.28. The van der Waals surface area contributed by atoms with Gasteiger partial charge in [-0.1, -0.05) is 6.42 Å². The summed E-state index contributed by atoms with van der Waals surface area (Å²) in [6.45, 7) is 2.34. The molecule has 0 spiro atoms. The molecule has 7 nitrogen and oxygen atoms in total. The van der Waals surface area contributed by atoms with E-state index in [-0.39, 0.29) is 11.9 Å². The Morgan fingerprint density at radius 1 is 1.43 bits per heavy atom. The molecule has 2 aliphatic rings. The molecule has 2 amide bonds. The van der Waals surface area contributed by atoms with Crippen LogP contribution in [0.2, 0.25) is 0 Å². The van der Waals surface area contributed by atoms with Gasteiger partial charge in [0, 0.05) is 19.8 Å². The predicted octanol–water partition coefficient (Wildman–Crippen LogP) is 1.45. The van der Waals surface area contributed by atoms with Crippen LogP contribution >= 0.6 is 0 Å². The number of nitrogens with one attached hydrogen (secondary N) is 1. The number of likely N-dealkylation sites (tertiary alicyclic amines) is 1. The number of aryl methyl sites for hydroxylation is 2. The Morgan fingerprint density at radius 3 is 2.81 bits per heavy atom. The fraction of sp³-hybridized carbons (Fsp3) is 0.643. The quantitative estimate of drug-likeness (QED) is 0.863. The lowest BCUT2D eigenvalue weighted by atomic mass is 9.94. The molecule has 1 aliphatic carbocycles. The van der Waals surface area contributed by atoms with Gasteiger partial charge in [0.25, 0.3) is 0 Å². The largest absolute Gasteiger partial charge is 0.480 e. The van der Waals surface area contributed by atoms with Gasteiger partial charge in [-0.05, 0) is 31.6 Å². The summed E-state index contributed by atoms with van der Waals surface area (Å²) in [5.41, 5.74) is 1.35. The van der Waals surface area contributed by atoms with Crippen LogP contribution < -0.4 is 5.32 Å². The van der Waals surface area contributed by atoms with Gasteiger partial charge in [-0.2, -0.15) is 5.10 Å². The van der Waals surface area contributed by atoms with E-state index in [1.165, 1.54) is 4.90 Å². The number of hydrogen-bond acceptors (Lipinski definition) is 3. The molecule has 1 saturated carbocycles. The van der Waals surface area contributed by atoms with Crippen molar-refractivity contribution in [2.24, 2.45) is 18.9 Å². The van der Waals surface area contributed by atoms with Gasteiger partial charge in [0.15, 0.2) is 0 Å². The highest BCUT2D eigenvalue weighted by atomic mass is 16.4. The number of fused-ring (bicyclic) bond motifs is 1. The Morgan fingerprint density at radius 2 is 2.19 bits per heavy atom. The van der Waals surface area contributed by atoms with Crippen molar-refractivity contribution in [3.05, 3.63) is 11.9 Å². The average molecular weight is 292 g/mol. The zero-order chi connectivity index (χ0) is 15.1. The Kier molecular flexibility index (Phi) is 3.35. The zero-order valence-electron chi connectivity index (χ0n) is 12.2. The van der Waals surface area contributed by atoms with Gasteiger partial charge in [-0.15, -0.1) is 0 Å². The van der Waals surface area contributed by atoms with E-state index in [0.29, 0.717) is 18.2 Å². The van der Waals surface area contributed by atoms with Gasteiger partial charge in [-0.3, -0.25) is 4.68 Å². The van der Waals surface area contributed by atoms with Crippen LogP contribution in [0.25, 0.3) is 0 Å². The first-order valence-electron chi connectivity index (χ1n) is 7.28. The standard InChI is InChI=1S/C14H20N4O3/c1-8-11(7-17(2)16-8)15-14(21)18-6-9-4-3-5-10(9)12(18)13(19)20/h7,9-10,12H,3-6H2,1-2H3,(H,15,21)(H,19,20). The number of aliphatic carboxylic acids is 1. The van der Waals surface area contributed by atoms with E-state index >= 15 is 0 Å². The van der Waals surface area contributed by atoms with Crippen LogP contribution in [0.4, 0.5) is 10.5 Å². The highest BCUT2D eigenvalue weighted by molar-refractivity contribution is 5.93. The molecule has 2 fully saturated rings. The number of carbonyl (C=O) groups excluding carboxylic acids is 1. The van der Waals surface area contributed by atoms with Crippen LogP contribution in [0.5, 0.6) is 0 Å². The second-order valence-electron chi connectivity index (χ2n) is 6.02. The van der Waals surface area contributed by atoms with Crippen molar-refractivity contribution in [1.29, 1.82) is 0 Å². The lowest BCUT2D eigenvalue weighted by Crippen LogP contribution is -2.45. The maximum atomic E-state index is 12.4. The van der Waals surface area contributed by atoms with Crippen LogP contribution in [0.15, 0.2) is 6.20 Å². The third kappa shape index (κ3) is 2.36. The van der Waals surface area contributed by atoms with Crippen LogP contribution in [0, 0.1) is 18.8 Å². The summed E-state index contributed by atoms with van der Waals surface area (Å²) in [6, 6.07) is -1.04. The molecule has 0 bridgehead atoms. The number of amides is 2. The summed E-state index contributed by atoms with van der Waals surface area (Å²) >= 11 is 0. The molecular weight excluding hydrogens is 272 g/mol. The molecule has 0 radical (unpaired) electrons. The second-order valence-corrected chi connectivity index (χ2v) is 6.02. The Hall–Kier alpha value is -2.05. The summed E-state index contributed by atoms with van der Waals surface area (Å²) in [4.78, 5) is 25.5. The smallest absolute Gasteiger partial charge is 0.326 e. The van der Waals surface area contributed by atoms with Crippen molar-refractivity contribution in [2.75, 3.05) is 11.9 Å². The fourth-order valence-electron chi connectivity index (χ4n) is 3.74. The van der Waals surface area contributed by atoms with Gasteiger partial charge < -0.3 is 15.3 Å². The number of aromatic nitrogens is 2. The number of carboxylic acids is 1. The Labute approximate surface area is 122 Å². The number of rotatable bonds is 2. The number of carbonyl (C=O) groups is 2. The topological polar surface area (TPSA) is 87.5 Å². The normalized spacial score (nSPS) is 27.7. The van der Waals surface area contributed by atoms with Gasteiger partial charge in [0.2, 0.25) is 0 Å². The van der Waals surface area contributed by atoms with Crippen molar-refractivity contribution in [3.8, 4) is 0 Å². The predicted molar refractivity (Wildman–Crippen MR) is 75.9 cm³/mol. The minimum Gasteiger partial charge on any atom is -0.480 e. The molecule has 7 heteroatoms. The molecule has 0 aromatic carbocycles. The second kappa shape index (κ2) is 5.05. The van der Waals surface area contributed by atoms with Crippen molar-refractivity contribution in [2.45, 2.75) is 32.2 Å². The maximum Gasteiger partial charge on any atom is 0.326 e. The van der Waals surface area contributed by atoms with Crippen LogP contribution in [-0.2, 0) is 11.8 Å². The van der Waals surface area contributed by atoms with E-state index in [2.05, 4.69) is 10.4 Å². The van der Waals surface area contributed by atoms with Gasteiger partial charge in [0.1, 0.15) is 6.04 Å². The van der Waals surface area contributed by atoms with Crippen molar-refractivity contribution in [3.63, 3.8) is 0 Å². The van der Waals surface area contributed by atoms with Crippen LogP contribution in [0.3, 0.4) is 0 Å². The summed E-state index contributed by atoms with van der Waals surface area (Å²) in [6.07, 6.45) is 4.71. The van der Waals surface area contributed by atoms with Crippen molar-refractivity contribution < 1.29 is 14.7 Å². The molecule has 1 aromatic heterocycles. The van der Waals surface area contributed by atoms with Gasteiger partial charge in [-0.25, -0.2) is 9.59 Å². The molecule has 2 N–H and O–H groups in total. The first-order chi connectivity index (χ1) is 9.97. The van der Waals surface area contributed by atoms with E-state index < -0.39 is 12.0 Å². The highest BCUT2D eigenvalue weighted by Gasteiger charge is 2.49. The summed E-state index contributed by atoms with van der Waals surface area (Å²) in [5, 5.41) is 16.4. The Bertz CT molecular complexity index is 583. The van der Waals surface area contributed by atoms with Gasteiger partial charge in [0.05, 0.1) is 11.4 Å². The van der Waals surface area contributed by atoms with E-state index in [0.717, 1.165) is 25.0 Å². The lowest BCUT2D eigenvalue weighted by molar-refractivity contribution is -0.142. The summed E-state index contributed by atoms with van der Waals surface area (Å²) in [7, 11) is 1.78. The van der Waals surface area contributed by atoms with Crippen LogP contribution in [-0.4, -0.2) is 44.4 Å². The molecule has 1 aliphatic heterocycles. The van der Waals surface area contributed by atoms with E-state index in [1.54, 1.807) is 17.9 Å². The monoisotopic (exact) mass is 292 g/mol. The summed E-state index contributed by atoms with van der Waals surface area (Å²) < 4.78 is 1.62. The molecule has 3 unspecified atom stereocenters. The minimum atomic E-state index is -0.901. The summed E-state index contributed by atoms with van der Waals surface area (Å²) in [5.74, 6) is -0.474. The SMILES string of the molecule is Cc1nn(C)cc1NC(=O)N1CC2CCCC2C1C(=O)O. The molecule has 114 valence electrons. The molecule has 1 saturated heterocycles. The van der Waals surface area contributed by atoms with E-state index in [4.69, 9.17) is 0 Å². The highest BCUT2D eigenvalue weighted by Crippen LogP contribution is 2.42. The fourth-order valence-corrected chi connectivity index (χ4v) is 3.74. The molecule has 3 atom stereocenters. The number of nitrogens with zero attached hydrogens (tertiary/aromatic N) is 3. The van der Waals surface area contributed by atoms with Gasteiger partial charge >= 0.3 is 12.0 Å². The minimum absolute atomic E-state index is 0.100. The Balaban J connectivity index is 1.77. The van der Waals surface area contributed by atoms with Crippen molar-refractivity contribution >= 4 is 17.7 Å². The number of carboxylic acid groups (broad SMARTS) is 1. The third-order valence-electron chi connectivity index (χ3n) is 4.66. The molecule has 2 heterocycles. The first kappa shape index (κ1) is 13.9. The zero-order valence-corrected chi connectivity index (χ0v) is 12.2. The third-order valence-corrected chi connectivity index (χ3v) is 4.66.